The minimum atomic E-state index is -0.459. The van der Waals surface area contributed by atoms with E-state index in [4.69, 9.17) is 4.74 Å². The van der Waals surface area contributed by atoms with Crippen molar-refractivity contribution < 1.29 is 9.53 Å². The number of aryl methyl sites for hydroxylation is 2. The van der Waals surface area contributed by atoms with Gasteiger partial charge in [0, 0.05) is 25.3 Å². The molecule has 0 fully saturated rings. The monoisotopic (exact) mass is 276 g/mol. The van der Waals surface area contributed by atoms with Crippen molar-refractivity contribution in [3.05, 3.63) is 35.9 Å². The van der Waals surface area contributed by atoms with E-state index < -0.39 is 6.09 Å². The largest absolute Gasteiger partial charge is 0.412 e. The van der Waals surface area contributed by atoms with Crippen molar-refractivity contribution in [3.8, 4) is 5.75 Å². The average molecular weight is 276 g/mol. The lowest BCUT2D eigenvalue weighted by Gasteiger charge is -2.25. The predicted octanol–water partition coefficient (Wildman–Crippen LogP) is 3.42. The van der Waals surface area contributed by atoms with Crippen LogP contribution in [-0.4, -0.2) is 25.7 Å². The standard InChI is InChI=1S/C16H24N2O2/c1-6-9-17-16(19)20-14-10-12(4)15(13(5)11-14)18(7-2)8-3/h6,10-11H,1,7-9H2,2-5H3,(H,17,19). The molecule has 0 bridgehead atoms. The summed E-state index contributed by atoms with van der Waals surface area (Å²) in [6, 6.07) is 3.79. The van der Waals surface area contributed by atoms with Gasteiger partial charge in [0.1, 0.15) is 5.75 Å². The number of nitrogens with one attached hydrogen (secondary N) is 1. The molecule has 0 radical (unpaired) electrons. The third kappa shape index (κ3) is 4.02. The summed E-state index contributed by atoms with van der Waals surface area (Å²) in [6.07, 6.45) is 1.15. The second kappa shape index (κ2) is 7.58. The van der Waals surface area contributed by atoms with Crippen molar-refractivity contribution in [2.75, 3.05) is 24.5 Å². The highest BCUT2D eigenvalue weighted by Gasteiger charge is 2.12. The summed E-state index contributed by atoms with van der Waals surface area (Å²) in [7, 11) is 0. The second-order valence-electron chi connectivity index (χ2n) is 4.64. The van der Waals surface area contributed by atoms with E-state index in [0.29, 0.717) is 12.3 Å². The van der Waals surface area contributed by atoms with Crippen molar-refractivity contribution in [2.24, 2.45) is 0 Å². The van der Waals surface area contributed by atoms with Gasteiger partial charge in [-0.3, -0.25) is 0 Å². The van der Waals surface area contributed by atoms with Crippen molar-refractivity contribution in [1.29, 1.82) is 0 Å². The van der Waals surface area contributed by atoms with Crippen LogP contribution >= 0.6 is 0 Å². The lowest BCUT2D eigenvalue weighted by Crippen LogP contribution is -2.27. The van der Waals surface area contributed by atoms with Gasteiger partial charge in [-0.1, -0.05) is 6.08 Å². The molecular weight excluding hydrogens is 252 g/mol. The molecule has 4 heteroatoms. The number of carbonyl (C=O) groups is 1. The first-order chi connectivity index (χ1) is 9.53. The molecule has 0 saturated carbocycles. The van der Waals surface area contributed by atoms with Gasteiger partial charge in [0.05, 0.1) is 0 Å². The Balaban J connectivity index is 2.93. The number of ether oxygens (including phenoxy) is 1. The molecule has 0 saturated heterocycles. The van der Waals surface area contributed by atoms with E-state index in [1.807, 2.05) is 26.0 Å². The number of benzene rings is 1. The molecule has 1 aromatic carbocycles. The minimum absolute atomic E-state index is 0.397. The lowest BCUT2D eigenvalue weighted by molar-refractivity contribution is 0.201. The van der Waals surface area contributed by atoms with Gasteiger partial charge in [-0.05, 0) is 51.0 Å². The number of nitrogens with zero attached hydrogens (tertiary/aromatic N) is 1. The molecule has 20 heavy (non-hydrogen) atoms. The van der Waals surface area contributed by atoms with E-state index in [1.54, 1.807) is 6.08 Å². The van der Waals surface area contributed by atoms with Crippen LogP contribution in [-0.2, 0) is 0 Å². The number of carbonyl (C=O) groups excluding carboxylic acids is 1. The van der Waals surface area contributed by atoms with Crippen LogP contribution in [0.2, 0.25) is 0 Å². The van der Waals surface area contributed by atoms with Crippen LogP contribution in [0, 0.1) is 13.8 Å². The van der Waals surface area contributed by atoms with Gasteiger partial charge in [0.2, 0.25) is 0 Å². The van der Waals surface area contributed by atoms with Gasteiger partial charge in [-0.15, -0.1) is 6.58 Å². The van der Waals surface area contributed by atoms with E-state index >= 15 is 0 Å². The van der Waals surface area contributed by atoms with Crippen LogP contribution in [0.1, 0.15) is 25.0 Å². The molecule has 0 atom stereocenters. The Labute approximate surface area is 121 Å². The third-order valence-corrected chi connectivity index (χ3v) is 3.15. The topological polar surface area (TPSA) is 41.6 Å². The van der Waals surface area contributed by atoms with Gasteiger partial charge >= 0.3 is 6.09 Å². The Morgan fingerprint density at radius 3 is 2.30 bits per heavy atom. The Morgan fingerprint density at radius 2 is 1.85 bits per heavy atom. The normalized spacial score (nSPS) is 10.0. The van der Waals surface area contributed by atoms with Gasteiger partial charge in [-0.25, -0.2) is 4.79 Å². The molecule has 1 rings (SSSR count). The maximum Gasteiger partial charge on any atom is 0.412 e. The summed E-state index contributed by atoms with van der Waals surface area (Å²) in [5, 5.41) is 2.59. The third-order valence-electron chi connectivity index (χ3n) is 3.15. The molecule has 0 aliphatic heterocycles. The van der Waals surface area contributed by atoms with Gasteiger partial charge in [-0.2, -0.15) is 0 Å². The van der Waals surface area contributed by atoms with Crippen molar-refractivity contribution in [2.45, 2.75) is 27.7 Å². The van der Waals surface area contributed by atoms with Crippen LogP contribution < -0.4 is 15.0 Å². The Hall–Kier alpha value is -1.97. The molecule has 110 valence electrons. The molecule has 1 amide bonds. The molecule has 0 aliphatic rings. The first-order valence-electron chi connectivity index (χ1n) is 6.96. The van der Waals surface area contributed by atoms with Crippen LogP contribution in [0.25, 0.3) is 0 Å². The molecule has 0 aliphatic carbocycles. The number of anilines is 1. The zero-order valence-corrected chi connectivity index (χ0v) is 12.8. The highest BCUT2D eigenvalue weighted by molar-refractivity contribution is 5.71. The fourth-order valence-electron chi connectivity index (χ4n) is 2.31. The smallest absolute Gasteiger partial charge is 0.410 e. The second-order valence-corrected chi connectivity index (χ2v) is 4.64. The van der Waals surface area contributed by atoms with Crippen molar-refractivity contribution >= 4 is 11.8 Å². The van der Waals surface area contributed by atoms with Crippen molar-refractivity contribution in [3.63, 3.8) is 0 Å². The fourth-order valence-corrected chi connectivity index (χ4v) is 2.31. The van der Waals surface area contributed by atoms with Crippen LogP contribution in [0.5, 0.6) is 5.75 Å². The first kappa shape index (κ1) is 16.1. The summed E-state index contributed by atoms with van der Waals surface area (Å²) in [6.45, 7) is 14.2. The SMILES string of the molecule is C=CCNC(=O)Oc1cc(C)c(N(CC)CC)c(C)c1. The quantitative estimate of drug-likeness (QED) is 0.809. The summed E-state index contributed by atoms with van der Waals surface area (Å²) in [5.74, 6) is 0.567. The van der Waals surface area contributed by atoms with E-state index in [0.717, 1.165) is 24.2 Å². The van der Waals surface area contributed by atoms with E-state index in [-0.39, 0.29) is 0 Å². The molecule has 1 N–H and O–H groups in total. The van der Waals surface area contributed by atoms with E-state index in [9.17, 15) is 4.79 Å². The van der Waals surface area contributed by atoms with Crippen LogP contribution in [0.15, 0.2) is 24.8 Å². The minimum Gasteiger partial charge on any atom is -0.410 e. The Kier molecular flexibility index (Phi) is 6.10. The Morgan fingerprint density at radius 1 is 1.30 bits per heavy atom. The predicted molar refractivity (Wildman–Crippen MR) is 83.7 cm³/mol. The summed E-state index contributed by atoms with van der Waals surface area (Å²) in [4.78, 5) is 13.8. The highest BCUT2D eigenvalue weighted by atomic mass is 16.6. The zero-order valence-electron chi connectivity index (χ0n) is 12.8. The molecule has 1 aromatic rings. The maximum atomic E-state index is 11.5. The summed E-state index contributed by atoms with van der Waals surface area (Å²) >= 11 is 0. The maximum absolute atomic E-state index is 11.5. The Bertz CT molecular complexity index is 456. The lowest BCUT2D eigenvalue weighted by atomic mass is 10.1. The summed E-state index contributed by atoms with van der Waals surface area (Å²) < 4.78 is 5.26. The van der Waals surface area contributed by atoms with Crippen molar-refractivity contribution in [1.82, 2.24) is 5.32 Å². The molecular formula is C16H24N2O2. The molecule has 0 heterocycles. The average Bonchev–Trinajstić information content (AvgIpc) is 2.40. The van der Waals surface area contributed by atoms with Crippen LogP contribution in [0.3, 0.4) is 0 Å². The van der Waals surface area contributed by atoms with Gasteiger partial charge in [0.25, 0.3) is 0 Å². The van der Waals surface area contributed by atoms with Gasteiger partial charge in [0.15, 0.2) is 0 Å². The van der Waals surface area contributed by atoms with E-state index in [1.165, 1.54) is 5.69 Å². The number of rotatable bonds is 6. The molecule has 4 nitrogen and oxygen atoms in total. The molecule has 0 aromatic heterocycles. The number of amides is 1. The summed E-state index contributed by atoms with van der Waals surface area (Å²) in [5.41, 5.74) is 3.44. The highest BCUT2D eigenvalue weighted by Crippen LogP contribution is 2.29. The number of hydrogen-bond acceptors (Lipinski definition) is 3. The molecule has 0 spiro atoms. The first-order valence-corrected chi connectivity index (χ1v) is 6.96. The van der Waals surface area contributed by atoms with Crippen LogP contribution in [0.4, 0.5) is 10.5 Å². The fraction of sp³-hybridized carbons (Fsp3) is 0.438. The zero-order chi connectivity index (χ0) is 15.1. The van der Waals surface area contributed by atoms with Gasteiger partial charge < -0.3 is 15.0 Å². The van der Waals surface area contributed by atoms with E-state index in [2.05, 4.69) is 30.6 Å². The number of hydrogen-bond donors (Lipinski definition) is 1. The molecule has 0 unspecified atom stereocenters.